The first-order chi connectivity index (χ1) is 11.1. The predicted octanol–water partition coefficient (Wildman–Crippen LogP) is 2.56. The molecule has 1 aromatic rings. The Morgan fingerprint density at radius 1 is 1.13 bits per heavy atom. The Balaban J connectivity index is 1.63. The number of hydrogen-bond donors (Lipinski definition) is 1. The van der Waals surface area contributed by atoms with Crippen LogP contribution in [0.15, 0.2) is 29.3 Å². The van der Waals surface area contributed by atoms with Crippen molar-refractivity contribution < 1.29 is 0 Å². The number of benzene rings is 1. The van der Waals surface area contributed by atoms with Crippen molar-refractivity contribution in [1.82, 2.24) is 15.1 Å². The zero-order valence-corrected chi connectivity index (χ0v) is 14.8. The quantitative estimate of drug-likeness (QED) is 0.926. The van der Waals surface area contributed by atoms with Crippen LogP contribution < -0.4 is 5.32 Å². The molecule has 0 radical (unpaired) electrons. The van der Waals surface area contributed by atoms with Crippen LogP contribution in [-0.4, -0.2) is 49.0 Å². The molecule has 23 heavy (non-hydrogen) atoms. The van der Waals surface area contributed by atoms with Crippen LogP contribution in [0.4, 0.5) is 0 Å². The first-order valence-corrected chi connectivity index (χ1v) is 8.90. The van der Waals surface area contributed by atoms with E-state index in [4.69, 9.17) is 0 Å². The van der Waals surface area contributed by atoms with Crippen molar-refractivity contribution in [1.29, 1.82) is 0 Å². The highest BCUT2D eigenvalue weighted by Gasteiger charge is 2.22. The third kappa shape index (κ3) is 4.25. The number of piperidine rings is 1. The predicted molar refractivity (Wildman–Crippen MR) is 96.4 cm³/mol. The number of guanidine groups is 1. The molecule has 1 fully saturated rings. The minimum absolute atomic E-state index is 0.811. The van der Waals surface area contributed by atoms with E-state index in [0.29, 0.717) is 0 Å². The fraction of sp³-hybridized carbons (Fsp3) is 0.632. The van der Waals surface area contributed by atoms with Gasteiger partial charge in [-0.15, -0.1) is 0 Å². The van der Waals surface area contributed by atoms with Crippen LogP contribution in [0.1, 0.15) is 31.4 Å². The summed E-state index contributed by atoms with van der Waals surface area (Å²) in [5.74, 6) is 2.65. The number of aliphatic imine (C=N–C) groups is 1. The van der Waals surface area contributed by atoms with Gasteiger partial charge in [0.25, 0.3) is 0 Å². The molecule has 0 aliphatic carbocycles. The van der Waals surface area contributed by atoms with Crippen molar-refractivity contribution in [3.05, 3.63) is 35.4 Å². The maximum Gasteiger partial charge on any atom is 0.194 e. The summed E-state index contributed by atoms with van der Waals surface area (Å²) in [5, 5.41) is 3.50. The van der Waals surface area contributed by atoms with Gasteiger partial charge in [-0.25, -0.2) is 0 Å². The summed E-state index contributed by atoms with van der Waals surface area (Å²) in [6.45, 7) is 11.1. The molecule has 2 atom stereocenters. The molecule has 0 bridgehead atoms. The van der Waals surface area contributed by atoms with Crippen LogP contribution in [0.25, 0.3) is 0 Å². The van der Waals surface area contributed by atoms with Crippen LogP contribution in [0.5, 0.6) is 0 Å². The fourth-order valence-corrected chi connectivity index (χ4v) is 3.94. The summed E-state index contributed by atoms with van der Waals surface area (Å²) in [6.07, 6.45) is 1.37. The number of nitrogens with one attached hydrogen (secondary N) is 1. The Bertz CT molecular complexity index is 544. The van der Waals surface area contributed by atoms with Crippen LogP contribution in [0.3, 0.4) is 0 Å². The molecule has 2 heterocycles. The second-order valence-corrected chi connectivity index (χ2v) is 7.39. The maximum absolute atomic E-state index is 4.52. The van der Waals surface area contributed by atoms with Crippen LogP contribution in [-0.2, 0) is 13.1 Å². The van der Waals surface area contributed by atoms with Gasteiger partial charge in [0.05, 0.1) is 6.54 Å². The molecule has 1 N–H and O–H groups in total. The lowest BCUT2D eigenvalue weighted by Crippen LogP contribution is -2.38. The molecular formula is C19H30N4. The van der Waals surface area contributed by atoms with Gasteiger partial charge in [0, 0.05) is 39.8 Å². The topological polar surface area (TPSA) is 30.9 Å². The van der Waals surface area contributed by atoms with Crippen molar-refractivity contribution in [2.24, 2.45) is 16.8 Å². The standard InChI is InChI=1S/C19H30N4/c1-15-10-16(2)13-23(12-15)14-18-7-5-4-6-17(18)11-21-19-20-8-9-22(19)3/h4-7,15-16H,8-14H2,1-3H3,(H,20,21). The summed E-state index contributed by atoms with van der Waals surface area (Å²) in [7, 11) is 2.10. The summed E-state index contributed by atoms with van der Waals surface area (Å²) >= 11 is 0. The number of likely N-dealkylation sites (N-methyl/N-ethyl adjacent to an activating group) is 1. The number of nitrogens with zero attached hydrogens (tertiary/aromatic N) is 3. The zero-order valence-electron chi connectivity index (χ0n) is 14.8. The molecule has 0 spiro atoms. The highest BCUT2D eigenvalue weighted by atomic mass is 15.3. The summed E-state index contributed by atoms with van der Waals surface area (Å²) in [5.41, 5.74) is 2.84. The Labute approximate surface area is 140 Å². The van der Waals surface area contributed by atoms with Gasteiger partial charge in [-0.3, -0.25) is 9.89 Å². The van der Waals surface area contributed by atoms with Crippen LogP contribution in [0, 0.1) is 11.8 Å². The lowest BCUT2D eigenvalue weighted by molar-refractivity contribution is 0.134. The molecule has 1 saturated heterocycles. The Morgan fingerprint density at radius 3 is 2.48 bits per heavy atom. The minimum Gasteiger partial charge on any atom is -0.352 e. The monoisotopic (exact) mass is 314 g/mol. The van der Waals surface area contributed by atoms with E-state index in [2.05, 4.69) is 65.3 Å². The van der Waals surface area contributed by atoms with Gasteiger partial charge in [-0.2, -0.15) is 0 Å². The molecular weight excluding hydrogens is 284 g/mol. The lowest BCUT2D eigenvalue weighted by Gasteiger charge is -2.35. The van der Waals surface area contributed by atoms with Crippen molar-refractivity contribution in [3.63, 3.8) is 0 Å². The van der Waals surface area contributed by atoms with Gasteiger partial charge in [0.2, 0.25) is 0 Å². The molecule has 4 nitrogen and oxygen atoms in total. The molecule has 0 aromatic heterocycles. The molecule has 2 aliphatic rings. The van der Waals surface area contributed by atoms with E-state index in [1.54, 1.807) is 0 Å². The molecule has 2 unspecified atom stereocenters. The van der Waals surface area contributed by atoms with Crippen molar-refractivity contribution in [3.8, 4) is 0 Å². The van der Waals surface area contributed by atoms with Gasteiger partial charge in [0.1, 0.15) is 0 Å². The van der Waals surface area contributed by atoms with Crippen molar-refractivity contribution in [2.75, 3.05) is 33.2 Å². The van der Waals surface area contributed by atoms with E-state index >= 15 is 0 Å². The molecule has 0 saturated carbocycles. The largest absolute Gasteiger partial charge is 0.352 e. The number of rotatable bonds is 4. The highest BCUT2D eigenvalue weighted by Crippen LogP contribution is 2.23. The molecule has 1 aromatic carbocycles. The molecule has 0 amide bonds. The summed E-state index contributed by atoms with van der Waals surface area (Å²) < 4.78 is 0. The van der Waals surface area contributed by atoms with E-state index in [0.717, 1.165) is 44.0 Å². The Hall–Kier alpha value is -1.55. The average Bonchev–Trinajstić information content (AvgIpc) is 2.91. The van der Waals surface area contributed by atoms with E-state index in [9.17, 15) is 0 Å². The van der Waals surface area contributed by atoms with Gasteiger partial charge in [-0.1, -0.05) is 38.1 Å². The number of likely N-dealkylation sites (tertiary alicyclic amines) is 1. The normalized spacial score (nSPS) is 25.5. The fourth-order valence-electron chi connectivity index (χ4n) is 3.94. The van der Waals surface area contributed by atoms with E-state index < -0.39 is 0 Å². The average molecular weight is 314 g/mol. The first kappa shape index (κ1) is 16.3. The minimum atomic E-state index is 0.811. The first-order valence-electron chi connectivity index (χ1n) is 8.90. The van der Waals surface area contributed by atoms with Gasteiger partial charge in [0.15, 0.2) is 5.96 Å². The van der Waals surface area contributed by atoms with Gasteiger partial charge < -0.3 is 10.2 Å². The second kappa shape index (κ2) is 7.35. The number of hydrogen-bond acceptors (Lipinski definition) is 4. The Kier molecular flexibility index (Phi) is 5.21. The smallest absolute Gasteiger partial charge is 0.194 e. The van der Waals surface area contributed by atoms with Gasteiger partial charge >= 0.3 is 0 Å². The third-order valence-corrected chi connectivity index (χ3v) is 4.95. The SMILES string of the molecule is CC1CC(C)CN(Cc2ccccc2CNC2=NCCN2C)C1. The van der Waals surface area contributed by atoms with Gasteiger partial charge in [-0.05, 0) is 29.4 Å². The van der Waals surface area contributed by atoms with Crippen molar-refractivity contribution >= 4 is 5.96 Å². The second-order valence-electron chi connectivity index (χ2n) is 7.39. The van der Waals surface area contributed by atoms with E-state index in [-0.39, 0.29) is 0 Å². The highest BCUT2D eigenvalue weighted by molar-refractivity contribution is 5.81. The van der Waals surface area contributed by atoms with E-state index in [1.165, 1.54) is 30.6 Å². The van der Waals surface area contributed by atoms with E-state index in [1.807, 2.05) is 0 Å². The molecule has 3 rings (SSSR count). The maximum atomic E-state index is 4.52. The zero-order chi connectivity index (χ0) is 16.2. The Morgan fingerprint density at radius 2 is 1.83 bits per heavy atom. The third-order valence-electron chi connectivity index (χ3n) is 4.95. The molecule has 4 heteroatoms. The lowest BCUT2D eigenvalue weighted by atomic mass is 9.91. The molecule has 126 valence electrons. The van der Waals surface area contributed by atoms with Crippen LogP contribution in [0.2, 0.25) is 0 Å². The summed E-state index contributed by atoms with van der Waals surface area (Å²) in [4.78, 5) is 9.33. The summed E-state index contributed by atoms with van der Waals surface area (Å²) in [6, 6.07) is 8.83. The molecule has 2 aliphatic heterocycles. The van der Waals surface area contributed by atoms with Crippen molar-refractivity contribution in [2.45, 2.75) is 33.4 Å². The van der Waals surface area contributed by atoms with Crippen LogP contribution >= 0.6 is 0 Å².